The summed E-state index contributed by atoms with van der Waals surface area (Å²) in [4.78, 5) is 51.0. The van der Waals surface area contributed by atoms with E-state index >= 15 is 0 Å². The SMILES string of the molecule is CC(C)(C)OC(=O)NCCC[C@@H](CNC(=O)c1cc2ccc(-c3ccc([N+](=O)[O-])cc3)cc2[nH]1)NC(=O)OC(C)(C)C. The lowest BCUT2D eigenvalue weighted by Gasteiger charge is -2.24. The van der Waals surface area contributed by atoms with Crippen LogP contribution in [0, 0.1) is 10.1 Å². The molecule has 0 aliphatic heterocycles. The number of nitrogens with one attached hydrogen (secondary N) is 4. The maximum Gasteiger partial charge on any atom is 0.407 e. The Balaban J connectivity index is 1.63. The second-order valence-electron chi connectivity index (χ2n) is 11.9. The Morgan fingerprint density at radius 1 is 0.881 bits per heavy atom. The van der Waals surface area contributed by atoms with Crippen molar-refractivity contribution < 1.29 is 28.8 Å². The Morgan fingerprint density at radius 2 is 1.50 bits per heavy atom. The van der Waals surface area contributed by atoms with Crippen molar-refractivity contribution >= 4 is 34.7 Å². The molecule has 1 atom stereocenters. The van der Waals surface area contributed by atoms with Crippen LogP contribution in [0.5, 0.6) is 0 Å². The third kappa shape index (κ3) is 10.1. The number of amides is 3. The van der Waals surface area contributed by atoms with Gasteiger partial charge in [-0.3, -0.25) is 14.9 Å². The largest absolute Gasteiger partial charge is 0.444 e. The first-order valence-corrected chi connectivity index (χ1v) is 13.7. The highest BCUT2D eigenvalue weighted by molar-refractivity contribution is 5.98. The van der Waals surface area contributed by atoms with Crippen LogP contribution in [-0.2, 0) is 9.47 Å². The van der Waals surface area contributed by atoms with Gasteiger partial charge >= 0.3 is 12.2 Å². The zero-order valence-electron chi connectivity index (χ0n) is 24.8. The fourth-order valence-corrected chi connectivity index (χ4v) is 4.07. The van der Waals surface area contributed by atoms with Gasteiger partial charge in [0.2, 0.25) is 0 Å². The van der Waals surface area contributed by atoms with Crippen LogP contribution in [0.4, 0.5) is 15.3 Å². The van der Waals surface area contributed by atoms with E-state index in [1.54, 1.807) is 59.7 Å². The molecule has 226 valence electrons. The summed E-state index contributed by atoms with van der Waals surface area (Å²) >= 11 is 0. The van der Waals surface area contributed by atoms with E-state index in [0.29, 0.717) is 25.1 Å². The maximum absolute atomic E-state index is 13.0. The summed E-state index contributed by atoms with van der Waals surface area (Å²) in [6.07, 6.45) is -0.150. The Morgan fingerprint density at radius 3 is 2.12 bits per heavy atom. The maximum atomic E-state index is 13.0. The number of fused-ring (bicyclic) bond motifs is 1. The number of nitro benzene ring substituents is 1. The number of benzene rings is 2. The molecule has 0 bridgehead atoms. The van der Waals surface area contributed by atoms with Crippen LogP contribution in [0.25, 0.3) is 22.0 Å². The molecule has 1 heterocycles. The number of nitrogens with zero attached hydrogens (tertiary/aromatic N) is 1. The van der Waals surface area contributed by atoms with Crippen molar-refractivity contribution in [1.82, 2.24) is 20.9 Å². The van der Waals surface area contributed by atoms with Crippen molar-refractivity contribution in [3.05, 3.63) is 64.3 Å². The minimum atomic E-state index is -0.687. The van der Waals surface area contributed by atoms with Crippen LogP contribution < -0.4 is 16.0 Å². The number of aromatic nitrogens is 1. The van der Waals surface area contributed by atoms with E-state index in [4.69, 9.17) is 9.47 Å². The predicted molar refractivity (Wildman–Crippen MR) is 159 cm³/mol. The van der Waals surface area contributed by atoms with Crippen molar-refractivity contribution in [3.8, 4) is 11.1 Å². The van der Waals surface area contributed by atoms with Gasteiger partial charge in [0.25, 0.3) is 11.6 Å². The smallest absolute Gasteiger partial charge is 0.407 e. The Bertz CT molecular complexity index is 1420. The molecule has 0 aliphatic carbocycles. The molecule has 42 heavy (non-hydrogen) atoms. The van der Waals surface area contributed by atoms with E-state index in [1.807, 2.05) is 18.2 Å². The molecule has 0 saturated carbocycles. The van der Waals surface area contributed by atoms with Crippen molar-refractivity contribution in [3.63, 3.8) is 0 Å². The van der Waals surface area contributed by atoms with Crippen LogP contribution >= 0.6 is 0 Å². The van der Waals surface area contributed by atoms with Gasteiger partial charge in [0.05, 0.1) is 4.92 Å². The van der Waals surface area contributed by atoms with Gasteiger partial charge in [0.15, 0.2) is 0 Å². The van der Waals surface area contributed by atoms with Crippen LogP contribution in [-0.4, -0.2) is 58.3 Å². The first-order valence-electron chi connectivity index (χ1n) is 13.7. The Labute approximate surface area is 244 Å². The quantitative estimate of drug-likeness (QED) is 0.136. The molecule has 2 aromatic carbocycles. The molecule has 3 aromatic rings. The molecule has 0 fully saturated rings. The zero-order valence-corrected chi connectivity index (χ0v) is 24.8. The van der Waals surface area contributed by atoms with Gasteiger partial charge in [-0.05, 0) is 89.8 Å². The van der Waals surface area contributed by atoms with Gasteiger partial charge in [-0.2, -0.15) is 0 Å². The standard InChI is InChI=1S/C30H39N5O7/c1-29(2,3)41-27(37)31-15-7-8-22(33-28(38)42-30(4,5)6)18-32-26(36)25-17-21-10-9-20(16-24(21)34-25)19-11-13-23(14-12-19)35(39)40/h9-14,16-17,22,34H,7-8,15,18H2,1-6H3,(H,31,37)(H,32,36)(H,33,38)/t22-/m0/s1. The first-order chi connectivity index (χ1) is 19.6. The number of non-ortho nitro benzene ring substituents is 1. The molecule has 1 aromatic heterocycles. The second kappa shape index (κ2) is 13.4. The average Bonchev–Trinajstić information content (AvgIpc) is 3.31. The molecule has 12 nitrogen and oxygen atoms in total. The zero-order chi connectivity index (χ0) is 31.1. The van der Waals surface area contributed by atoms with Gasteiger partial charge in [0, 0.05) is 42.2 Å². The van der Waals surface area contributed by atoms with Gasteiger partial charge < -0.3 is 30.4 Å². The normalized spacial score (nSPS) is 12.3. The highest BCUT2D eigenvalue weighted by Gasteiger charge is 2.21. The number of hydrogen-bond donors (Lipinski definition) is 4. The summed E-state index contributed by atoms with van der Waals surface area (Å²) in [5, 5.41) is 20.1. The summed E-state index contributed by atoms with van der Waals surface area (Å²) in [5.41, 5.74) is 1.43. The molecular formula is C30H39N5O7. The van der Waals surface area contributed by atoms with Gasteiger partial charge in [-0.25, -0.2) is 9.59 Å². The number of hydrogen-bond acceptors (Lipinski definition) is 7. The number of ether oxygens (including phenoxy) is 2. The highest BCUT2D eigenvalue weighted by atomic mass is 16.6. The summed E-state index contributed by atoms with van der Waals surface area (Å²) in [5.74, 6) is -0.356. The Hall–Kier alpha value is -4.61. The van der Waals surface area contributed by atoms with Crippen molar-refractivity contribution in [1.29, 1.82) is 0 Å². The van der Waals surface area contributed by atoms with Crippen molar-refractivity contribution in [2.45, 2.75) is 71.6 Å². The van der Waals surface area contributed by atoms with E-state index < -0.39 is 34.4 Å². The summed E-state index contributed by atoms with van der Waals surface area (Å²) in [6.45, 7) is 11.1. The van der Waals surface area contributed by atoms with Crippen LogP contribution in [0.15, 0.2) is 48.5 Å². The third-order valence-electron chi connectivity index (χ3n) is 5.91. The summed E-state index contributed by atoms with van der Waals surface area (Å²) in [6, 6.07) is 13.1. The van der Waals surface area contributed by atoms with E-state index in [-0.39, 0.29) is 18.1 Å². The fraction of sp³-hybridized carbons (Fsp3) is 0.433. The lowest BCUT2D eigenvalue weighted by Crippen LogP contribution is -2.46. The summed E-state index contributed by atoms with van der Waals surface area (Å²) in [7, 11) is 0. The average molecular weight is 582 g/mol. The molecule has 0 radical (unpaired) electrons. The van der Waals surface area contributed by atoms with Crippen LogP contribution in [0.2, 0.25) is 0 Å². The number of aromatic amines is 1. The van der Waals surface area contributed by atoms with Crippen molar-refractivity contribution in [2.75, 3.05) is 13.1 Å². The number of nitro groups is 1. The number of carbonyl (C=O) groups is 3. The van der Waals surface area contributed by atoms with E-state index in [1.165, 1.54) is 12.1 Å². The topological polar surface area (TPSA) is 165 Å². The molecule has 4 N–H and O–H groups in total. The number of rotatable bonds is 10. The van der Waals surface area contributed by atoms with Gasteiger partial charge in [-0.1, -0.05) is 12.1 Å². The monoisotopic (exact) mass is 581 g/mol. The first kappa shape index (κ1) is 31.9. The van der Waals surface area contributed by atoms with Crippen molar-refractivity contribution in [2.24, 2.45) is 0 Å². The second-order valence-corrected chi connectivity index (χ2v) is 11.9. The Kier molecular flexibility index (Phi) is 10.2. The van der Waals surface area contributed by atoms with E-state index in [2.05, 4.69) is 20.9 Å². The van der Waals surface area contributed by atoms with E-state index in [0.717, 1.165) is 22.0 Å². The molecule has 0 unspecified atom stereocenters. The van der Waals surface area contributed by atoms with Crippen LogP contribution in [0.1, 0.15) is 64.9 Å². The predicted octanol–water partition coefficient (Wildman–Crippen LogP) is 5.67. The molecular weight excluding hydrogens is 542 g/mol. The fourth-order valence-electron chi connectivity index (χ4n) is 4.07. The molecule has 0 saturated heterocycles. The molecule has 0 spiro atoms. The third-order valence-corrected chi connectivity index (χ3v) is 5.91. The minimum absolute atomic E-state index is 0.0115. The lowest BCUT2D eigenvalue weighted by molar-refractivity contribution is -0.384. The molecule has 12 heteroatoms. The number of H-pyrrole nitrogens is 1. The molecule has 0 aliphatic rings. The highest BCUT2D eigenvalue weighted by Crippen LogP contribution is 2.26. The molecule has 3 rings (SSSR count). The minimum Gasteiger partial charge on any atom is -0.444 e. The van der Waals surface area contributed by atoms with Crippen LogP contribution in [0.3, 0.4) is 0 Å². The molecule has 3 amide bonds. The number of alkyl carbamates (subject to hydrolysis) is 2. The lowest BCUT2D eigenvalue weighted by atomic mass is 10.0. The van der Waals surface area contributed by atoms with Gasteiger partial charge in [0.1, 0.15) is 16.9 Å². The summed E-state index contributed by atoms with van der Waals surface area (Å²) < 4.78 is 10.6. The van der Waals surface area contributed by atoms with Gasteiger partial charge in [-0.15, -0.1) is 0 Å². The number of carbonyl (C=O) groups excluding carboxylic acids is 3. The van der Waals surface area contributed by atoms with E-state index in [9.17, 15) is 24.5 Å².